The van der Waals surface area contributed by atoms with E-state index in [4.69, 9.17) is 9.97 Å². The highest BCUT2D eigenvalue weighted by Crippen LogP contribution is 2.29. The molecule has 198 valence electrons. The predicted molar refractivity (Wildman–Crippen MR) is 153 cm³/mol. The largest absolute Gasteiger partial charge is 0.339 e. The van der Waals surface area contributed by atoms with Crippen molar-refractivity contribution in [1.29, 1.82) is 0 Å². The lowest BCUT2D eigenvalue weighted by Gasteiger charge is -2.37. The van der Waals surface area contributed by atoms with Crippen molar-refractivity contribution in [3.8, 4) is 0 Å². The molecule has 4 aromatic rings. The van der Waals surface area contributed by atoms with Gasteiger partial charge in [-0.25, -0.2) is 18.4 Å². The predicted octanol–water partition coefficient (Wildman–Crippen LogP) is 5.87. The molecule has 5 rings (SSSR count). The lowest BCUT2D eigenvalue weighted by molar-refractivity contribution is 0.141. The number of benzene rings is 3. The second kappa shape index (κ2) is 10.8. The molecular weight excluding hydrogens is 494 g/mol. The molecule has 1 saturated heterocycles. The second-order valence-electron chi connectivity index (χ2n) is 10.2. The van der Waals surface area contributed by atoms with Crippen LogP contribution in [0.4, 0.5) is 11.5 Å². The summed E-state index contributed by atoms with van der Waals surface area (Å²) in [7, 11) is -3.53. The summed E-state index contributed by atoms with van der Waals surface area (Å²) >= 11 is 0. The third-order valence-electron chi connectivity index (χ3n) is 7.40. The molecule has 0 aliphatic carbocycles. The number of nitrogens with zero attached hydrogens (tertiary/aromatic N) is 4. The smallest absolute Gasteiger partial charge is 0.243 e. The average molecular weight is 530 g/mol. The van der Waals surface area contributed by atoms with E-state index in [1.54, 1.807) is 16.4 Å². The molecule has 0 spiro atoms. The van der Waals surface area contributed by atoms with Gasteiger partial charge in [0.2, 0.25) is 10.0 Å². The topological polar surface area (TPSA) is 78.4 Å². The third-order valence-corrected chi connectivity index (χ3v) is 9.31. The quantitative estimate of drug-likeness (QED) is 0.322. The number of aromatic nitrogens is 2. The van der Waals surface area contributed by atoms with Crippen LogP contribution in [0.5, 0.6) is 0 Å². The molecule has 1 fully saturated rings. The molecule has 0 radical (unpaired) electrons. The number of piperazine rings is 1. The summed E-state index contributed by atoms with van der Waals surface area (Å²) in [5.41, 5.74) is 4.16. The highest BCUT2D eigenvalue weighted by Gasteiger charge is 2.31. The SMILES string of the molecule is Cc1ccccc1Nc1nc(C(C)N2CCN(S(=O)(=O)c3ccc(C(C)C)cc3)CC2)nc2ccccc12. The molecule has 3 aromatic carbocycles. The molecule has 0 saturated carbocycles. The van der Waals surface area contributed by atoms with Crippen LogP contribution in [0, 0.1) is 6.92 Å². The average Bonchev–Trinajstić information content (AvgIpc) is 2.94. The molecule has 1 N–H and O–H groups in total. The zero-order valence-corrected chi connectivity index (χ0v) is 23.2. The minimum Gasteiger partial charge on any atom is -0.339 e. The number of hydrogen-bond donors (Lipinski definition) is 1. The van der Waals surface area contributed by atoms with Crippen molar-refractivity contribution in [2.45, 2.75) is 44.6 Å². The van der Waals surface area contributed by atoms with Crippen molar-refractivity contribution in [2.75, 3.05) is 31.5 Å². The third kappa shape index (κ3) is 5.29. The summed E-state index contributed by atoms with van der Waals surface area (Å²) < 4.78 is 28.2. The summed E-state index contributed by atoms with van der Waals surface area (Å²) in [5, 5.41) is 4.48. The molecule has 1 atom stereocenters. The van der Waals surface area contributed by atoms with Gasteiger partial charge in [-0.15, -0.1) is 0 Å². The number of rotatable bonds is 7. The maximum atomic E-state index is 13.3. The number of hydrogen-bond acceptors (Lipinski definition) is 6. The van der Waals surface area contributed by atoms with Crippen LogP contribution in [0.2, 0.25) is 0 Å². The van der Waals surface area contributed by atoms with E-state index in [9.17, 15) is 8.42 Å². The minimum absolute atomic E-state index is 0.0628. The zero-order valence-electron chi connectivity index (χ0n) is 22.4. The Balaban J connectivity index is 1.34. The fraction of sp³-hybridized carbons (Fsp3) is 0.333. The van der Waals surface area contributed by atoms with Crippen LogP contribution >= 0.6 is 0 Å². The molecule has 1 aliphatic heterocycles. The van der Waals surface area contributed by atoms with Crippen molar-refractivity contribution >= 4 is 32.4 Å². The standard InChI is InChI=1S/C30H35N5O2S/c1-21(2)24-13-15-25(16-14-24)38(36,37)35-19-17-34(18-20-35)23(4)29-32-28-12-8-6-10-26(28)30(33-29)31-27-11-7-5-9-22(27)3/h5-16,21,23H,17-20H2,1-4H3,(H,31,32,33). The maximum absolute atomic E-state index is 13.3. The molecule has 8 heteroatoms. The van der Waals surface area contributed by atoms with Gasteiger partial charge in [0.05, 0.1) is 16.5 Å². The Labute approximate surface area is 225 Å². The lowest BCUT2D eigenvalue weighted by Crippen LogP contribution is -2.49. The Morgan fingerprint density at radius 3 is 2.16 bits per heavy atom. The summed E-state index contributed by atoms with van der Waals surface area (Å²) in [6, 6.07) is 23.4. The van der Waals surface area contributed by atoms with Crippen LogP contribution < -0.4 is 5.32 Å². The minimum atomic E-state index is -3.53. The lowest BCUT2D eigenvalue weighted by atomic mass is 10.0. The molecule has 1 unspecified atom stereocenters. The second-order valence-corrected chi connectivity index (χ2v) is 12.2. The first-order valence-corrected chi connectivity index (χ1v) is 14.6. The van der Waals surface area contributed by atoms with Crippen LogP contribution in [0.1, 0.15) is 49.7 Å². The van der Waals surface area contributed by atoms with E-state index >= 15 is 0 Å². The monoisotopic (exact) mass is 529 g/mol. The Bertz CT molecular complexity index is 1530. The van der Waals surface area contributed by atoms with Crippen LogP contribution in [-0.4, -0.2) is 53.8 Å². The Hall–Kier alpha value is -3.33. The molecule has 2 heterocycles. The molecule has 7 nitrogen and oxygen atoms in total. The van der Waals surface area contributed by atoms with E-state index in [1.807, 2.05) is 54.6 Å². The van der Waals surface area contributed by atoms with E-state index in [0.717, 1.165) is 39.4 Å². The molecule has 0 bridgehead atoms. The van der Waals surface area contributed by atoms with E-state index in [2.05, 4.69) is 44.0 Å². The fourth-order valence-corrected chi connectivity index (χ4v) is 6.31. The first-order valence-electron chi connectivity index (χ1n) is 13.2. The number of sulfonamides is 1. The number of para-hydroxylation sites is 2. The number of anilines is 2. The Morgan fingerprint density at radius 2 is 1.47 bits per heavy atom. The summed E-state index contributed by atoms with van der Waals surface area (Å²) in [5.74, 6) is 1.86. The van der Waals surface area contributed by atoms with E-state index in [-0.39, 0.29) is 6.04 Å². The fourth-order valence-electron chi connectivity index (χ4n) is 4.89. The first-order chi connectivity index (χ1) is 18.2. The van der Waals surface area contributed by atoms with Gasteiger partial charge in [-0.3, -0.25) is 4.90 Å². The number of aryl methyl sites for hydroxylation is 1. The van der Waals surface area contributed by atoms with Crippen LogP contribution in [0.25, 0.3) is 10.9 Å². The molecule has 1 aromatic heterocycles. The summed E-state index contributed by atoms with van der Waals surface area (Å²) in [6.07, 6.45) is 0. The number of fused-ring (bicyclic) bond motifs is 1. The van der Waals surface area contributed by atoms with E-state index in [1.165, 1.54) is 0 Å². The van der Waals surface area contributed by atoms with Gasteiger partial charge in [0.15, 0.2) is 0 Å². The van der Waals surface area contributed by atoms with Gasteiger partial charge in [-0.1, -0.05) is 56.3 Å². The zero-order chi connectivity index (χ0) is 26.9. The van der Waals surface area contributed by atoms with Crippen LogP contribution in [0.15, 0.2) is 77.7 Å². The van der Waals surface area contributed by atoms with Crippen LogP contribution in [-0.2, 0) is 10.0 Å². The molecule has 1 aliphatic rings. The Morgan fingerprint density at radius 1 is 0.816 bits per heavy atom. The van der Waals surface area contributed by atoms with Gasteiger partial charge < -0.3 is 5.32 Å². The highest BCUT2D eigenvalue weighted by atomic mass is 32.2. The van der Waals surface area contributed by atoms with Gasteiger partial charge in [-0.05, 0) is 61.2 Å². The van der Waals surface area contributed by atoms with Gasteiger partial charge in [0, 0.05) is 37.3 Å². The molecule has 38 heavy (non-hydrogen) atoms. The Kier molecular flexibility index (Phi) is 7.47. The molecular formula is C30H35N5O2S. The van der Waals surface area contributed by atoms with E-state index < -0.39 is 10.0 Å². The van der Waals surface area contributed by atoms with Crippen molar-refractivity contribution in [3.63, 3.8) is 0 Å². The molecule has 0 amide bonds. The highest BCUT2D eigenvalue weighted by molar-refractivity contribution is 7.89. The van der Waals surface area contributed by atoms with Crippen molar-refractivity contribution in [3.05, 3.63) is 89.7 Å². The van der Waals surface area contributed by atoms with Gasteiger partial charge in [-0.2, -0.15) is 4.31 Å². The normalized spacial score (nSPS) is 16.1. The van der Waals surface area contributed by atoms with Gasteiger partial charge >= 0.3 is 0 Å². The summed E-state index contributed by atoms with van der Waals surface area (Å²) in [4.78, 5) is 12.5. The van der Waals surface area contributed by atoms with Crippen molar-refractivity contribution in [1.82, 2.24) is 19.2 Å². The van der Waals surface area contributed by atoms with Crippen molar-refractivity contribution in [2.24, 2.45) is 0 Å². The van der Waals surface area contributed by atoms with Crippen molar-refractivity contribution < 1.29 is 8.42 Å². The summed E-state index contributed by atoms with van der Waals surface area (Å²) in [6.45, 7) is 10.5. The van der Waals surface area contributed by atoms with Crippen LogP contribution in [0.3, 0.4) is 0 Å². The number of nitrogens with one attached hydrogen (secondary N) is 1. The van der Waals surface area contributed by atoms with E-state index in [0.29, 0.717) is 37.0 Å². The van der Waals surface area contributed by atoms with Gasteiger partial charge in [0.1, 0.15) is 11.6 Å². The maximum Gasteiger partial charge on any atom is 0.243 e. The van der Waals surface area contributed by atoms with Gasteiger partial charge in [0.25, 0.3) is 0 Å². The first kappa shape index (κ1) is 26.3.